The van der Waals surface area contributed by atoms with Gasteiger partial charge in [0.2, 0.25) is 5.13 Å². The van der Waals surface area contributed by atoms with Crippen molar-refractivity contribution in [2.45, 2.75) is 13.8 Å². The molecule has 0 unspecified atom stereocenters. The first-order valence-corrected chi connectivity index (χ1v) is 9.03. The molecule has 0 atom stereocenters. The first kappa shape index (κ1) is 17.9. The van der Waals surface area contributed by atoms with Crippen molar-refractivity contribution in [3.63, 3.8) is 0 Å². The zero-order valence-electron chi connectivity index (χ0n) is 15.2. The van der Waals surface area contributed by atoms with Crippen molar-refractivity contribution in [1.82, 2.24) is 4.98 Å². The molecule has 5 nitrogen and oxygen atoms in total. The maximum absolute atomic E-state index is 5.30. The molecule has 0 amide bonds. The molecule has 1 N–H and O–H groups in total. The summed E-state index contributed by atoms with van der Waals surface area (Å²) < 4.78 is 10.5. The molecule has 0 fully saturated rings. The third kappa shape index (κ3) is 4.03. The van der Waals surface area contributed by atoms with E-state index in [1.807, 2.05) is 23.6 Å². The molecule has 0 saturated heterocycles. The molecule has 2 aromatic carbocycles. The van der Waals surface area contributed by atoms with Gasteiger partial charge in [-0.2, -0.15) is 5.10 Å². The predicted octanol–water partition coefficient (Wildman–Crippen LogP) is 4.89. The first-order chi connectivity index (χ1) is 12.6. The van der Waals surface area contributed by atoms with Crippen LogP contribution in [-0.4, -0.2) is 25.4 Å². The number of aryl methyl sites for hydroxylation is 2. The van der Waals surface area contributed by atoms with Crippen molar-refractivity contribution >= 4 is 22.7 Å². The van der Waals surface area contributed by atoms with Crippen molar-refractivity contribution in [2.75, 3.05) is 19.6 Å². The van der Waals surface area contributed by atoms with E-state index >= 15 is 0 Å². The van der Waals surface area contributed by atoms with Crippen molar-refractivity contribution in [1.29, 1.82) is 0 Å². The van der Waals surface area contributed by atoms with Crippen LogP contribution in [0.2, 0.25) is 0 Å². The number of rotatable bonds is 6. The molecule has 0 radical (unpaired) electrons. The van der Waals surface area contributed by atoms with Gasteiger partial charge in [-0.15, -0.1) is 11.3 Å². The lowest BCUT2D eigenvalue weighted by Crippen LogP contribution is -1.94. The summed E-state index contributed by atoms with van der Waals surface area (Å²) in [6.07, 6.45) is 1.72. The monoisotopic (exact) mass is 367 g/mol. The van der Waals surface area contributed by atoms with Crippen LogP contribution in [0.3, 0.4) is 0 Å². The first-order valence-electron chi connectivity index (χ1n) is 8.15. The van der Waals surface area contributed by atoms with Gasteiger partial charge in [0.1, 0.15) is 0 Å². The standard InChI is InChI=1S/C20H21N3O2S/c1-13-5-7-16(14(2)9-13)17-12-26-20(22-17)23-21-11-15-6-8-18(24-3)19(10-15)25-4/h5-12H,1-4H3,(H,22,23)/b21-11-. The van der Waals surface area contributed by atoms with Crippen LogP contribution in [-0.2, 0) is 0 Å². The third-order valence-electron chi connectivity index (χ3n) is 3.94. The number of hydrazone groups is 1. The number of aromatic nitrogens is 1. The second-order valence-corrected chi connectivity index (χ2v) is 6.70. The molecule has 1 heterocycles. The van der Waals surface area contributed by atoms with Gasteiger partial charge in [0.15, 0.2) is 11.5 Å². The van der Waals surface area contributed by atoms with Crippen molar-refractivity contribution in [3.05, 3.63) is 58.5 Å². The van der Waals surface area contributed by atoms with Gasteiger partial charge in [0, 0.05) is 10.9 Å². The van der Waals surface area contributed by atoms with Gasteiger partial charge in [0.05, 0.1) is 26.1 Å². The highest BCUT2D eigenvalue weighted by Crippen LogP contribution is 2.28. The van der Waals surface area contributed by atoms with E-state index in [0.717, 1.165) is 22.0 Å². The van der Waals surface area contributed by atoms with Crippen LogP contribution in [0, 0.1) is 13.8 Å². The SMILES string of the molecule is COc1ccc(/C=N\Nc2nc(-c3ccc(C)cc3C)cs2)cc1OC. The van der Waals surface area contributed by atoms with E-state index in [9.17, 15) is 0 Å². The molecular formula is C20H21N3O2S. The molecular weight excluding hydrogens is 346 g/mol. The topological polar surface area (TPSA) is 55.7 Å². The molecule has 6 heteroatoms. The molecule has 134 valence electrons. The molecule has 3 aromatic rings. The number of hydrogen-bond donors (Lipinski definition) is 1. The van der Waals surface area contributed by atoms with E-state index in [2.05, 4.69) is 47.6 Å². The number of methoxy groups -OCH3 is 2. The van der Waals surface area contributed by atoms with Crippen LogP contribution in [0.1, 0.15) is 16.7 Å². The number of nitrogens with one attached hydrogen (secondary N) is 1. The van der Waals surface area contributed by atoms with Crippen LogP contribution in [0.15, 0.2) is 46.9 Å². The van der Waals surface area contributed by atoms with Gasteiger partial charge in [-0.05, 0) is 43.2 Å². The molecule has 0 aliphatic rings. The van der Waals surface area contributed by atoms with Crippen molar-refractivity contribution in [2.24, 2.45) is 5.10 Å². The van der Waals surface area contributed by atoms with Gasteiger partial charge in [-0.1, -0.05) is 23.8 Å². The fourth-order valence-corrected chi connectivity index (χ4v) is 3.30. The van der Waals surface area contributed by atoms with E-state index in [1.165, 1.54) is 22.5 Å². The Kier molecular flexibility index (Phi) is 5.53. The van der Waals surface area contributed by atoms with E-state index in [-0.39, 0.29) is 0 Å². The normalized spacial score (nSPS) is 10.9. The Balaban J connectivity index is 1.71. The number of thiazole rings is 1. The average molecular weight is 367 g/mol. The lowest BCUT2D eigenvalue weighted by Gasteiger charge is -2.07. The molecule has 0 bridgehead atoms. The summed E-state index contributed by atoms with van der Waals surface area (Å²) in [7, 11) is 3.23. The van der Waals surface area contributed by atoms with E-state index in [1.54, 1.807) is 20.4 Å². The second-order valence-electron chi connectivity index (χ2n) is 5.84. The minimum absolute atomic E-state index is 0.669. The second kappa shape index (κ2) is 8.01. The Morgan fingerprint density at radius 2 is 1.85 bits per heavy atom. The Hall–Kier alpha value is -2.86. The summed E-state index contributed by atoms with van der Waals surface area (Å²) in [6, 6.07) is 12.0. The lowest BCUT2D eigenvalue weighted by atomic mass is 10.0. The maximum Gasteiger partial charge on any atom is 0.203 e. The summed E-state index contributed by atoms with van der Waals surface area (Å²) in [5, 5.41) is 7.04. The number of nitrogens with zero attached hydrogens (tertiary/aromatic N) is 2. The zero-order chi connectivity index (χ0) is 18.5. The predicted molar refractivity (Wildman–Crippen MR) is 108 cm³/mol. The summed E-state index contributed by atoms with van der Waals surface area (Å²) in [4.78, 5) is 4.61. The molecule has 3 rings (SSSR count). The summed E-state index contributed by atoms with van der Waals surface area (Å²) in [5.74, 6) is 1.36. The molecule has 0 spiro atoms. The molecule has 0 aliphatic carbocycles. The van der Waals surface area contributed by atoms with Crippen molar-refractivity contribution in [3.8, 4) is 22.8 Å². The van der Waals surface area contributed by atoms with Crippen LogP contribution >= 0.6 is 11.3 Å². The van der Waals surface area contributed by atoms with E-state index in [0.29, 0.717) is 11.5 Å². The van der Waals surface area contributed by atoms with Crippen molar-refractivity contribution < 1.29 is 9.47 Å². The number of benzene rings is 2. The molecule has 0 saturated carbocycles. The van der Waals surface area contributed by atoms with Gasteiger partial charge in [-0.25, -0.2) is 4.98 Å². The highest BCUT2D eigenvalue weighted by molar-refractivity contribution is 7.14. The average Bonchev–Trinajstić information content (AvgIpc) is 3.10. The number of anilines is 1. The maximum atomic E-state index is 5.30. The van der Waals surface area contributed by atoms with Gasteiger partial charge in [-0.3, -0.25) is 5.43 Å². The lowest BCUT2D eigenvalue weighted by molar-refractivity contribution is 0.355. The van der Waals surface area contributed by atoms with Crippen LogP contribution in [0.5, 0.6) is 11.5 Å². The Bertz CT molecular complexity index is 935. The fraction of sp³-hybridized carbons (Fsp3) is 0.200. The Labute approximate surface area is 157 Å². The molecule has 26 heavy (non-hydrogen) atoms. The highest BCUT2D eigenvalue weighted by Gasteiger charge is 2.07. The quantitative estimate of drug-likeness (QED) is 0.498. The summed E-state index contributed by atoms with van der Waals surface area (Å²) >= 11 is 1.53. The largest absolute Gasteiger partial charge is 0.493 e. The summed E-state index contributed by atoms with van der Waals surface area (Å²) in [5.41, 5.74) is 8.45. The van der Waals surface area contributed by atoms with Crippen LogP contribution < -0.4 is 14.9 Å². The Morgan fingerprint density at radius 3 is 2.58 bits per heavy atom. The van der Waals surface area contributed by atoms with Crippen LogP contribution in [0.4, 0.5) is 5.13 Å². The zero-order valence-corrected chi connectivity index (χ0v) is 16.1. The smallest absolute Gasteiger partial charge is 0.203 e. The van der Waals surface area contributed by atoms with E-state index in [4.69, 9.17) is 9.47 Å². The third-order valence-corrected chi connectivity index (χ3v) is 4.69. The molecule has 1 aromatic heterocycles. The van der Waals surface area contributed by atoms with Gasteiger partial charge in [0.25, 0.3) is 0 Å². The number of hydrogen-bond acceptors (Lipinski definition) is 6. The number of ether oxygens (including phenoxy) is 2. The fourth-order valence-electron chi connectivity index (χ4n) is 2.64. The summed E-state index contributed by atoms with van der Waals surface area (Å²) in [6.45, 7) is 4.19. The van der Waals surface area contributed by atoms with Gasteiger partial charge >= 0.3 is 0 Å². The van der Waals surface area contributed by atoms with Gasteiger partial charge < -0.3 is 9.47 Å². The highest BCUT2D eigenvalue weighted by atomic mass is 32.1. The minimum Gasteiger partial charge on any atom is -0.493 e. The molecule has 0 aliphatic heterocycles. The van der Waals surface area contributed by atoms with Crippen LogP contribution in [0.25, 0.3) is 11.3 Å². The Morgan fingerprint density at radius 1 is 1.04 bits per heavy atom. The minimum atomic E-state index is 0.669. The van der Waals surface area contributed by atoms with E-state index < -0.39 is 0 Å².